The summed E-state index contributed by atoms with van der Waals surface area (Å²) >= 11 is 3.44. The number of hydrogen-bond donors (Lipinski definition) is 2. The Morgan fingerprint density at radius 1 is 1.32 bits per heavy atom. The molecule has 1 aromatic heterocycles. The Labute approximate surface area is 152 Å². The molecule has 0 saturated carbocycles. The topological polar surface area (TPSA) is 95.3 Å². The maximum atomic E-state index is 12.0. The number of likely N-dealkylation sites (tertiary alicyclic amines) is 1. The van der Waals surface area contributed by atoms with Crippen molar-refractivity contribution in [2.75, 3.05) is 19.7 Å². The molecule has 25 heavy (non-hydrogen) atoms. The lowest BCUT2D eigenvalue weighted by molar-refractivity contribution is -0.150. The minimum absolute atomic E-state index is 0.119. The van der Waals surface area contributed by atoms with Crippen LogP contribution >= 0.6 is 15.9 Å². The number of piperidine rings is 1. The number of carbonyl (C=O) groups is 1. The molecule has 1 aliphatic rings. The summed E-state index contributed by atoms with van der Waals surface area (Å²) in [7, 11) is 0. The van der Waals surface area contributed by atoms with E-state index < -0.39 is 11.1 Å². The fourth-order valence-corrected chi connectivity index (χ4v) is 3.78. The van der Waals surface area contributed by atoms with Crippen molar-refractivity contribution in [3.05, 3.63) is 42.9 Å². The summed E-state index contributed by atoms with van der Waals surface area (Å²) in [6.45, 7) is 4.27. The maximum Gasteiger partial charge on any atom is 0.314 e. The Balaban J connectivity index is 1.87. The second kappa shape index (κ2) is 7.53. The van der Waals surface area contributed by atoms with Crippen molar-refractivity contribution in [1.29, 1.82) is 0 Å². The van der Waals surface area contributed by atoms with Gasteiger partial charge in [0.05, 0.1) is 23.6 Å². The number of benzene rings is 1. The molecule has 1 saturated heterocycles. The van der Waals surface area contributed by atoms with Gasteiger partial charge in [0.15, 0.2) is 0 Å². The van der Waals surface area contributed by atoms with Gasteiger partial charge in [0, 0.05) is 17.6 Å². The molecule has 0 radical (unpaired) electrons. The zero-order valence-corrected chi connectivity index (χ0v) is 15.5. The molecule has 8 heteroatoms. The minimum atomic E-state index is -0.670. The normalized spacial score (nSPS) is 18.4. The number of ether oxygens (including phenoxy) is 1. The van der Waals surface area contributed by atoms with Gasteiger partial charge in [-0.3, -0.25) is 19.3 Å². The van der Waals surface area contributed by atoms with Crippen molar-refractivity contribution >= 4 is 32.9 Å². The first-order chi connectivity index (χ1) is 12.0. The number of hydrogen-bond acceptors (Lipinski definition) is 5. The summed E-state index contributed by atoms with van der Waals surface area (Å²) in [6.07, 6.45) is 1.75. The highest BCUT2D eigenvalue weighted by molar-refractivity contribution is 9.10. The van der Waals surface area contributed by atoms with Gasteiger partial charge in [-0.25, -0.2) is 0 Å². The molecule has 0 aliphatic carbocycles. The third-order valence-corrected chi connectivity index (χ3v) is 4.85. The van der Waals surface area contributed by atoms with E-state index in [1.807, 2.05) is 13.0 Å². The SMILES string of the molecule is CCOC(=O)C1CCCN(Cc2cc(Br)cc3[nH]c(=O)c(=O)[nH]c23)C1. The third kappa shape index (κ3) is 4.01. The fourth-order valence-electron chi connectivity index (χ4n) is 3.28. The first kappa shape index (κ1) is 17.9. The van der Waals surface area contributed by atoms with Crippen LogP contribution in [0.3, 0.4) is 0 Å². The summed E-state index contributed by atoms with van der Waals surface area (Å²) in [5, 5.41) is 0. The molecule has 3 rings (SSSR count). The molecular weight excluding hydrogens is 390 g/mol. The van der Waals surface area contributed by atoms with Crippen molar-refractivity contribution in [2.24, 2.45) is 5.92 Å². The molecule has 1 atom stereocenters. The van der Waals surface area contributed by atoms with Crippen molar-refractivity contribution in [3.8, 4) is 0 Å². The molecule has 134 valence electrons. The van der Waals surface area contributed by atoms with Crippen LogP contribution in [0.4, 0.5) is 0 Å². The van der Waals surface area contributed by atoms with Crippen LogP contribution in [-0.4, -0.2) is 40.5 Å². The lowest BCUT2D eigenvalue weighted by atomic mass is 9.97. The van der Waals surface area contributed by atoms with Gasteiger partial charge >= 0.3 is 17.1 Å². The van der Waals surface area contributed by atoms with Crippen LogP contribution in [0.25, 0.3) is 11.0 Å². The number of esters is 1. The Morgan fingerprint density at radius 2 is 2.08 bits per heavy atom. The van der Waals surface area contributed by atoms with E-state index in [-0.39, 0.29) is 11.9 Å². The fraction of sp³-hybridized carbons (Fsp3) is 0.471. The lowest BCUT2D eigenvalue weighted by Gasteiger charge is -2.31. The summed E-state index contributed by atoms with van der Waals surface area (Å²) in [4.78, 5) is 42.7. The zero-order valence-electron chi connectivity index (χ0n) is 13.9. The van der Waals surface area contributed by atoms with E-state index in [1.54, 1.807) is 6.07 Å². The van der Waals surface area contributed by atoms with Crippen molar-refractivity contribution < 1.29 is 9.53 Å². The second-order valence-electron chi connectivity index (χ2n) is 6.22. The first-order valence-electron chi connectivity index (χ1n) is 8.31. The molecular formula is C17H20BrN3O4. The van der Waals surface area contributed by atoms with Crippen molar-refractivity contribution in [3.63, 3.8) is 0 Å². The number of carbonyl (C=O) groups excluding carboxylic acids is 1. The summed E-state index contributed by atoms with van der Waals surface area (Å²) in [5.41, 5.74) is 0.747. The Kier molecular flexibility index (Phi) is 5.39. The highest BCUT2D eigenvalue weighted by atomic mass is 79.9. The smallest absolute Gasteiger partial charge is 0.314 e. The molecule has 1 fully saturated rings. The van der Waals surface area contributed by atoms with Gasteiger partial charge in [0.25, 0.3) is 0 Å². The number of aromatic nitrogens is 2. The zero-order chi connectivity index (χ0) is 18.0. The van der Waals surface area contributed by atoms with Gasteiger partial charge in [-0.15, -0.1) is 0 Å². The van der Waals surface area contributed by atoms with Crippen LogP contribution in [0.5, 0.6) is 0 Å². The van der Waals surface area contributed by atoms with Crippen LogP contribution in [0.15, 0.2) is 26.2 Å². The second-order valence-corrected chi connectivity index (χ2v) is 7.14. The van der Waals surface area contributed by atoms with E-state index in [1.165, 1.54) is 0 Å². The lowest BCUT2D eigenvalue weighted by Crippen LogP contribution is -2.39. The average Bonchev–Trinajstić information content (AvgIpc) is 2.57. The van der Waals surface area contributed by atoms with Crippen molar-refractivity contribution in [1.82, 2.24) is 14.9 Å². The largest absolute Gasteiger partial charge is 0.466 e. The van der Waals surface area contributed by atoms with Crippen LogP contribution in [0, 0.1) is 5.92 Å². The van der Waals surface area contributed by atoms with E-state index in [0.29, 0.717) is 30.7 Å². The van der Waals surface area contributed by atoms with Crippen LogP contribution in [0.1, 0.15) is 25.3 Å². The van der Waals surface area contributed by atoms with Crippen LogP contribution < -0.4 is 11.1 Å². The van der Waals surface area contributed by atoms with E-state index in [0.717, 1.165) is 29.4 Å². The number of fused-ring (bicyclic) bond motifs is 1. The monoisotopic (exact) mass is 409 g/mol. The maximum absolute atomic E-state index is 12.0. The standard InChI is InChI=1S/C17H20BrN3O4/c1-2-25-17(24)10-4-3-5-21(8-10)9-11-6-12(18)7-13-14(11)20-16(23)15(22)19-13/h6-7,10H,2-5,8-9H2,1H3,(H,19,22)(H,20,23). The number of aromatic amines is 2. The van der Waals surface area contributed by atoms with Gasteiger partial charge in [0.2, 0.25) is 0 Å². The molecule has 2 aromatic rings. The first-order valence-corrected chi connectivity index (χ1v) is 9.11. The van der Waals surface area contributed by atoms with E-state index in [2.05, 4.69) is 30.8 Å². The van der Waals surface area contributed by atoms with Gasteiger partial charge in [-0.05, 0) is 44.0 Å². The van der Waals surface area contributed by atoms with Gasteiger partial charge in [0.1, 0.15) is 0 Å². The Hall–Kier alpha value is -1.93. The number of H-pyrrole nitrogens is 2. The van der Waals surface area contributed by atoms with E-state index >= 15 is 0 Å². The number of nitrogens with one attached hydrogen (secondary N) is 2. The molecule has 0 spiro atoms. The van der Waals surface area contributed by atoms with Crippen LogP contribution in [0.2, 0.25) is 0 Å². The van der Waals surface area contributed by atoms with E-state index in [9.17, 15) is 14.4 Å². The van der Waals surface area contributed by atoms with E-state index in [4.69, 9.17) is 4.74 Å². The van der Waals surface area contributed by atoms with Crippen LogP contribution in [-0.2, 0) is 16.1 Å². The predicted molar refractivity (Wildman–Crippen MR) is 97.5 cm³/mol. The predicted octanol–water partition coefficient (Wildman–Crippen LogP) is 1.75. The third-order valence-electron chi connectivity index (χ3n) is 4.40. The Morgan fingerprint density at radius 3 is 2.84 bits per heavy atom. The number of rotatable bonds is 4. The van der Waals surface area contributed by atoms with Gasteiger partial charge in [-0.2, -0.15) is 0 Å². The van der Waals surface area contributed by atoms with Crippen molar-refractivity contribution in [2.45, 2.75) is 26.3 Å². The summed E-state index contributed by atoms with van der Waals surface area (Å²) < 4.78 is 5.95. The average molecular weight is 410 g/mol. The molecule has 0 bridgehead atoms. The molecule has 0 amide bonds. The minimum Gasteiger partial charge on any atom is -0.466 e. The molecule has 1 aromatic carbocycles. The Bertz CT molecular complexity index is 905. The molecule has 7 nitrogen and oxygen atoms in total. The highest BCUT2D eigenvalue weighted by Gasteiger charge is 2.27. The quantitative estimate of drug-likeness (QED) is 0.592. The number of halogens is 1. The summed E-state index contributed by atoms with van der Waals surface area (Å²) in [5.74, 6) is -0.269. The van der Waals surface area contributed by atoms with Gasteiger partial charge < -0.3 is 14.7 Å². The molecule has 1 aliphatic heterocycles. The molecule has 2 N–H and O–H groups in total. The summed E-state index contributed by atoms with van der Waals surface area (Å²) in [6, 6.07) is 3.68. The van der Waals surface area contributed by atoms with Gasteiger partial charge in [-0.1, -0.05) is 15.9 Å². The molecule has 2 heterocycles. The highest BCUT2D eigenvalue weighted by Crippen LogP contribution is 2.24. The number of nitrogens with zero attached hydrogens (tertiary/aromatic N) is 1. The molecule has 1 unspecified atom stereocenters.